The molecule has 29 heavy (non-hydrogen) atoms. The van der Waals surface area contributed by atoms with Gasteiger partial charge >= 0.3 is 5.97 Å². The summed E-state index contributed by atoms with van der Waals surface area (Å²) in [6, 6.07) is 3.34. The summed E-state index contributed by atoms with van der Waals surface area (Å²) >= 11 is 6.03. The molecular formula is C19H24ClN5O4. The van der Waals surface area contributed by atoms with Gasteiger partial charge in [-0.05, 0) is 25.0 Å². The minimum Gasteiger partial charge on any atom is -0.464 e. The van der Waals surface area contributed by atoms with Crippen molar-refractivity contribution < 1.29 is 19.1 Å². The number of ether oxygens (including phenoxy) is 2. The van der Waals surface area contributed by atoms with E-state index in [2.05, 4.69) is 25.2 Å². The number of rotatable bonds is 6. The number of methoxy groups -OCH3 is 2. The molecule has 2 aromatic rings. The maximum Gasteiger partial charge on any atom is 0.356 e. The van der Waals surface area contributed by atoms with Crippen molar-refractivity contribution in [1.82, 2.24) is 20.3 Å². The van der Waals surface area contributed by atoms with Gasteiger partial charge in [0.05, 0.1) is 24.9 Å². The number of nitrogens with zero attached hydrogens (tertiary/aromatic N) is 3. The first-order valence-corrected chi connectivity index (χ1v) is 9.72. The number of esters is 1. The molecule has 0 bridgehead atoms. The van der Waals surface area contributed by atoms with Crippen LogP contribution in [0.2, 0.25) is 5.15 Å². The predicted octanol–water partition coefficient (Wildman–Crippen LogP) is 1.83. The molecule has 0 unspecified atom stereocenters. The molecule has 1 aliphatic heterocycles. The van der Waals surface area contributed by atoms with Crippen molar-refractivity contribution in [2.45, 2.75) is 31.9 Å². The molecule has 1 saturated heterocycles. The van der Waals surface area contributed by atoms with E-state index in [1.807, 2.05) is 13.0 Å². The van der Waals surface area contributed by atoms with Crippen molar-refractivity contribution in [2.75, 3.05) is 32.2 Å². The molecule has 3 heterocycles. The van der Waals surface area contributed by atoms with Gasteiger partial charge in [0.15, 0.2) is 11.0 Å². The van der Waals surface area contributed by atoms with E-state index in [4.69, 9.17) is 21.1 Å². The Kier molecular flexibility index (Phi) is 6.71. The molecule has 156 valence electrons. The van der Waals surface area contributed by atoms with E-state index in [1.54, 1.807) is 19.4 Å². The topological polar surface area (TPSA) is 109 Å². The van der Waals surface area contributed by atoms with Crippen molar-refractivity contribution >= 4 is 29.2 Å². The average Bonchev–Trinajstić information content (AvgIpc) is 3.14. The highest BCUT2D eigenvalue weighted by atomic mass is 35.5. The molecule has 0 saturated carbocycles. The Morgan fingerprint density at radius 3 is 2.86 bits per heavy atom. The Hall–Kier alpha value is -2.65. The second-order valence-corrected chi connectivity index (χ2v) is 7.05. The zero-order chi connectivity index (χ0) is 21.0. The minimum absolute atomic E-state index is 0.181. The predicted molar refractivity (Wildman–Crippen MR) is 107 cm³/mol. The van der Waals surface area contributed by atoms with Crippen LogP contribution in [0.3, 0.4) is 0 Å². The van der Waals surface area contributed by atoms with Crippen LogP contribution in [0.1, 0.15) is 40.1 Å². The quantitative estimate of drug-likeness (QED) is 0.684. The number of aromatic nitrogens is 3. The van der Waals surface area contributed by atoms with Crippen LogP contribution >= 0.6 is 11.6 Å². The smallest absolute Gasteiger partial charge is 0.356 e. The monoisotopic (exact) mass is 421 g/mol. The van der Waals surface area contributed by atoms with Gasteiger partial charge in [-0.2, -0.15) is 0 Å². The first-order valence-electron chi connectivity index (χ1n) is 9.34. The standard InChI is InChI=1S/C19H24ClN5O4/c1-4-12-16(20)24-17(22-12)18(26)23-13-6-8-25(10-15(13)28-2)11-5-7-21-14(9-11)19(27)29-3/h5,7,9,13,15H,4,6,8,10H2,1-3H3,(H,22,24)(H,23,26)/t13-,15+/m0/s1. The van der Waals surface area contributed by atoms with E-state index in [-0.39, 0.29) is 29.6 Å². The fourth-order valence-electron chi connectivity index (χ4n) is 3.35. The van der Waals surface area contributed by atoms with Gasteiger partial charge in [-0.25, -0.2) is 14.8 Å². The molecule has 0 spiro atoms. The number of carbonyl (C=O) groups is 2. The lowest BCUT2D eigenvalue weighted by Crippen LogP contribution is -2.55. The molecule has 1 fully saturated rings. The second kappa shape index (κ2) is 9.23. The SMILES string of the molecule is CCc1[nH]c(C(=O)N[C@H]2CCN(c3ccnc(C(=O)OC)c3)C[C@H]2OC)nc1Cl. The number of hydrogen-bond acceptors (Lipinski definition) is 7. The lowest BCUT2D eigenvalue weighted by Gasteiger charge is -2.39. The van der Waals surface area contributed by atoms with Crippen molar-refractivity contribution in [1.29, 1.82) is 0 Å². The fraction of sp³-hybridized carbons (Fsp3) is 0.474. The Balaban J connectivity index is 1.68. The average molecular weight is 422 g/mol. The van der Waals surface area contributed by atoms with Gasteiger partial charge in [0.1, 0.15) is 5.69 Å². The third-order valence-corrected chi connectivity index (χ3v) is 5.29. The summed E-state index contributed by atoms with van der Waals surface area (Å²) < 4.78 is 10.4. The van der Waals surface area contributed by atoms with Gasteiger partial charge in [-0.3, -0.25) is 4.79 Å². The van der Waals surface area contributed by atoms with E-state index in [1.165, 1.54) is 7.11 Å². The minimum atomic E-state index is -0.485. The van der Waals surface area contributed by atoms with Crippen LogP contribution < -0.4 is 10.2 Å². The van der Waals surface area contributed by atoms with Gasteiger partial charge in [-0.15, -0.1) is 0 Å². The lowest BCUT2D eigenvalue weighted by atomic mass is 10.0. The largest absolute Gasteiger partial charge is 0.464 e. The second-order valence-electron chi connectivity index (χ2n) is 6.69. The number of hydrogen-bond donors (Lipinski definition) is 2. The molecule has 1 aliphatic rings. The van der Waals surface area contributed by atoms with E-state index in [0.29, 0.717) is 31.1 Å². The molecule has 2 atom stereocenters. The van der Waals surface area contributed by atoms with Crippen LogP contribution in [0.15, 0.2) is 18.3 Å². The Bertz CT molecular complexity index is 887. The zero-order valence-corrected chi connectivity index (χ0v) is 17.3. The number of anilines is 1. The highest BCUT2D eigenvalue weighted by Crippen LogP contribution is 2.22. The van der Waals surface area contributed by atoms with Crippen molar-refractivity contribution in [3.63, 3.8) is 0 Å². The number of halogens is 1. The molecule has 0 aromatic carbocycles. The number of pyridine rings is 1. The summed E-state index contributed by atoms with van der Waals surface area (Å²) in [5.74, 6) is -0.606. The summed E-state index contributed by atoms with van der Waals surface area (Å²) in [5.41, 5.74) is 1.82. The number of aryl methyl sites for hydroxylation is 1. The van der Waals surface area contributed by atoms with Crippen LogP contribution in [0, 0.1) is 0 Å². The molecular weight excluding hydrogens is 398 g/mol. The molecule has 2 N–H and O–H groups in total. The van der Waals surface area contributed by atoms with Crippen LogP contribution in [0.4, 0.5) is 5.69 Å². The summed E-state index contributed by atoms with van der Waals surface area (Å²) in [5, 5.41) is 3.30. The van der Waals surface area contributed by atoms with Crippen LogP contribution in [0.25, 0.3) is 0 Å². The van der Waals surface area contributed by atoms with Crippen molar-refractivity contribution in [3.05, 3.63) is 40.7 Å². The maximum absolute atomic E-state index is 12.6. The fourth-order valence-corrected chi connectivity index (χ4v) is 3.62. The van der Waals surface area contributed by atoms with Gasteiger partial charge in [-0.1, -0.05) is 18.5 Å². The number of piperidine rings is 1. The third kappa shape index (κ3) is 4.68. The number of carbonyl (C=O) groups excluding carboxylic acids is 2. The highest BCUT2D eigenvalue weighted by Gasteiger charge is 2.32. The first-order chi connectivity index (χ1) is 14.0. The summed E-state index contributed by atoms with van der Waals surface area (Å²) in [7, 11) is 2.93. The van der Waals surface area contributed by atoms with E-state index in [0.717, 1.165) is 11.4 Å². The highest BCUT2D eigenvalue weighted by molar-refractivity contribution is 6.30. The Morgan fingerprint density at radius 1 is 1.41 bits per heavy atom. The van der Waals surface area contributed by atoms with Gasteiger partial charge < -0.3 is 24.7 Å². The van der Waals surface area contributed by atoms with E-state index in [9.17, 15) is 9.59 Å². The molecule has 9 nitrogen and oxygen atoms in total. The number of amides is 1. The van der Waals surface area contributed by atoms with Crippen molar-refractivity contribution in [2.24, 2.45) is 0 Å². The Labute approximate surface area is 173 Å². The van der Waals surface area contributed by atoms with E-state index < -0.39 is 5.97 Å². The number of nitrogens with one attached hydrogen (secondary N) is 2. The summed E-state index contributed by atoms with van der Waals surface area (Å²) in [6.07, 6.45) is 2.66. The Morgan fingerprint density at radius 2 is 2.21 bits per heavy atom. The molecule has 1 amide bonds. The van der Waals surface area contributed by atoms with Gasteiger partial charge in [0.25, 0.3) is 5.91 Å². The van der Waals surface area contributed by atoms with E-state index >= 15 is 0 Å². The third-order valence-electron chi connectivity index (χ3n) is 4.98. The lowest BCUT2D eigenvalue weighted by molar-refractivity contribution is 0.0537. The molecule has 3 rings (SSSR count). The van der Waals surface area contributed by atoms with Crippen molar-refractivity contribution in [3.8, 4) is 0 Å². The zero-order valence-electron chi connectivity index (χ0n) is 16.6. The first kappa shape index (κ1) is 21.1. The van der Waals surface area contributed by atoms with Gasteiger partial charge in [0.2, 0.25) is 0 Å². The normalized spacial score (nSPS) is 19.1. The summed E-state index contributed by atoms with van der Waals surface area (Å²) in [6.45, 7) is 3.15. The van der Waals surface area contributed by atoms with Crippen LogP contribution in [-0.2, 0) is 15.9 Å². The number of aromatic amines is 1. The molecule has 10 heteroatoms. The number of H-pyrrole nitrogens is 1. The number of imidazole rings is 1. The summed E-state index contributed by atoms with van der Waals surface area (Å²) in [4.78, 5) is 37.5. The van der Waals surface area contributed by atoms with Crippen LogP contribution in [0.5, 0.6) is 0 Å². The van der Waals surface area contributed by atoms with Crippen LogP contribution in [-0.4, -0.2) is 66.3 Å². The maximum atomic E-state index is 12.6. The molecule has 2 aromatic heterocycles. The molecule has 0 aliphatic carbocycles. The van der Waals surface area contributed by atoms with Gasteiger partial charge in [0, 0.05) is 32.1 Å². The molecule has 0 radical (unpaired) electrons.